The molecule has 2 aromatic heterocycles. The number of aliphatic hydroxyl groups excluding tert-OH is 1. The van der Waals surface area contributed by atoms with Gasteiger partial charge in [-0.25, -0.2) is 4.98 Å². The van der Waals surface area contributed by atoms with Crippen molar-refractivity contribution >= 4 is 11.2 Å². The van der Waals surface area contributed by atoms with E-state index in [4.69, 9.17) is 9.52 Å². The minimum absolute atomic E-state index is 0.00627. The second-order valence-electron chi connectivity index (χ2n) is 3.70. The van der Waals surface area contributed by atoms with Gasteiger partial charge in [0.1, 0.15) is 0 Å². The number of hydrogen-bond acceptors (Lipinski definition) is 4. The van der Waals surface area contributed by atoms with Gasteiger partial charge < -0.3 is 9.52 Å². The van der Waals surface area contributed by atoms with Crippen LogP contribution in [0.5, 0.6) is 0 Å². The van der Waals surface area contributed by atoms with Crippen LogP contribution in [0.15, 0.2) is 47.0 Å². The second-order valence-corrected chi connectivity index (χ2v) is 3.70. The quantitative estimate of drug-likeness (QED) is 0.728. The lowest BCUT2D eigenvalue weighted by Crippen LogP contribution is -1.84. The Morgan fingerprint density at radius 2 is 2.12 bits per heavy atom. The van der Waals surface area contributed by atoms with E-state index in [-0.39, 0.29) is 6.61 Å². The van der Waals surface area contributed by atoms with Gasteiger partial charge in [-0.3, -0.25) is 0 Å². The standard InChI is InChI=1S/C13H10N2O2/c16-8-9-3-1-4-10(7-9)13-15-12-11(17-13)5-2-6-14-12/h1-7,16H,8H2. The van der Waals surface area contributed by atoms with Crippen molar-refractivity contribution in [2.75, 3.05) is 0 Å². The molecule has 0 aliphatic rings. The van der Waals surface area contributed by atoms with Crippen LogP contribution in [0.25, 0.3) is 22.7 Å². The molecule has 0 amide bonds. The number of fused-ring (bicyclic) bond motifs is 1. The van der Waals surface area contributed by atoms with Crippen molar-refractivity contribution in [2.24, 2.45) is 0 Å². The highest BCUT2D eigenvalue weighted by molar-refractivity contribution is 5.71. The molecule has 4 heteroatoms. The van der Waals surface area contributed by atoms with Crippen molar-refractivity contribution in [2.45, 2.75) is 6.61 Å². The Morgan fingerprint density at radius 1 is 1.18 bits per heavy atom. The topological polar surface area (TPSA) is 59.2 Å². The van der Waals surface area contributed by atoms with Crippen LogP contribution in [0.2, 0.25) is 0 Å². The minimum atomic E-state index is 0.00627. The average Bonchev–Trinajstić information content (AvgIpc) is 2.82. The molecule has 84 valence electrons. The van der Waals surface area contributed by atoms with Gasteiger partial charge in [0.25, 0.3) is 0 Å². The molecule has 4 nitrogen and oxygen atoms in total. The molecule has 0 aliphatic heterocycles. The number of aromatic nitrogens is 2. The summed E-state index contributed by atoms with van der Waals surface area (Å²) in [6, 6.07) is 11.1. The van der Waals surface area contributed by atoms with Crippen LogP contribution in [-0.2, 0) is 6.61 Å². The van der Waals surface area contributed by atoms with Crippen LogP contribution in [0.3, 0.4) is 0 Å². The summed E-state index contributed by atoms with van der Waals surface area (Å²) in [5.74, 6) is 0.522. The zero-order valence-electron chi connectivity index (χ0n) is 9.00. The van der Waals surface area contributed by atoms with Crippen molar-refractivity contribution in [1.82, 2.24) is 9.97 Å². The maximum absolute atomic E-state index is 9.09. The highest BCUT2D eigenvalue weighted by Gasteiger charge is 2.08. The molecule has 0 fully saturated rings. The van der Waals surface area contributed by atoms with E-state index in [2.05, 4.69) is 9.97 Å². The molecule has 0 bridgehead atoms. The van der Waals surface area contributed by atoms with Crippen LogP contribution in [0.4, 0.5) is 0 Å². The van der Waals surface area contributed by atoms with E-state index in [9.17, 15) is 0 Å². The Morgan fingerprint density at radius 3 is 2.94 bits per heavy atom. The summed E-state index contributed by atoms with van der Waals surface area (Å²) in [5, 5.41) is 9.09. The summed E-state index contributed by atoms with van der Waals surface area (Å²) < 4.78 is 5.60. The molecule has 1 aromatic carbocycles. The van der Waals surface area contributed by atoms with Gasteiger partial charge in [-0.2, -0.15) is 4.98 Å². The molecule has 1 N–H and O–H groups in total. The van der Waals surface area contributed by atoms with Crippen molar-refractivity contribution < 1.29 is 9.52 Å². The van der Waals surface area contributed by atoms with Crippen molar-refractivity contribution in [3.63, 3.8) is 0 Å². The maximum atomic E-state index is 9.09. The first kappa shape index (κ1) is 9.99. The lowest BCUT2D eigenvalue weighted by atomic mass is 10.1. The largest absolute Gasteiger partial charge is 0.434 e. The van der Waals surface area contributed by atoms with Crippen LogP contribution in [-0.4, -0.2) is 15.1 Å². The van der Waals surface area contributed by atoms with Gasteiger partial charge in [-0.15, -0.1) is 0 Å². The van der Waals surface area contributed by atoms with Crippen LogP contribution < -0.4 is 0 Å². The molecule has 0 atom stereocenters. The van der Waals surface area contributed by atoms with E-state index >= 15 is 0 Å². The van der Waals surface area contributed by atoms with Crippen molar-refractivity contribution in [3.05, 3.63) is 48.2 Å². The average molecular weight is 226 g/mol. The SMILES string of the molecule is OCc1cccc(-c2nc3ncccc3o2)c1. The molecule has 0 saturated carbocycles. The van der Waals surface area contributed by atoms with Crippen LogP contribution >= 0.6 is 0 Å². The molecule has 17 heavy (non-hydrogen) atoms. The number of oxazole rings is 1. The van der Waals surface area contributed by atoms with E-state index in [0.717, 1.165) is 11.1 Å². The highest BCUT2D eigenvalue weighted by Crippen LogP contribution is 2.23. The Kier molecular flexibility index (Phi) is 2.34. The third kappa shape index (κ3) is 1.79. The Hall–Kier alpha value is -2.20. The molecular formula is C13H10N2O2. The lowest BCUT2D eigenvalue weighted by Gasteiger charge is -1.98. The Labute approximate surface area is 97.6 Å². The third-order valence-electron chi connectivity index (χ3n) is 2.52. The molecule has 0 radical (unpaired) electrons. The van der Waals surface area contributed by atoms with Crippen molar-refractivity contribution in [3.8, 4) is 11.5 Å². The first-order valence-electron chi connectivity index (χ1n) is 5.28. The monoisotopic (exact) mass is 226 g/mol. The first-order chi connectivity index (χ1) is 8.36. The van der Waals surface area contributed by atoms with Gasteiger partial charge >= 0.3 is 0 Å². The zero-order valence-corrected chi connectivity index (χ0v) is 9.00. The molecule has 0 unspecified atom stereocenters. The predicted molar refractivity (Wildman–Crippen MR) is 63.2 cm³/mol. The summed E-state index contributed by atoms with van der Waals surface area (Å²) in [6.45, 7) is 0.00627. The molecule has 0 aliphatic carbocycles. The van der Waals surface area contributed by atoms with Gasteiger partial charge in [0.05, 0.1) is 6.61 Å². The van der Waals surface area contributed by atoms with Gasteiger partial charge in [0, 0.05) is 11.8 Å². The highest BCUT2D eigenvalue weighted by atomic mass is 16.3. The Bertz CT molecular complexity index is 628. The van der Waals surface area contributed by atoms with Crippen LogP contribution in [0.1, 0.15) is 5.56 Å². The predicted octanol–water partition coefficient (Wildman–Crippen LogP) is 2.38. The van der Waals surface area contributed by atoms with E-state index < -0.39 is 0 Å². The smallest absolute Gasteiger partial charge is 0.228 e. The van der Waals surface area contributed by atoms with E-state index in [1.165, 1.54) is 0 Å². The normalized spacial score (nSPS) is 10.9. The van der Waals surface area contributed by atoms with Gasteiger partial charge in [-0.05, 0) is 29.8 Å². The summed E-state index contributed by atoms with van der Waals surface area (Å²) >= 11 is 0. The lowest BCUT2D eigenvalue weighted by molar-refractivity contribution is 0.282. The summed E-state index contributed by atoms with van der Waals surface area (Å²) in [7, 11) is 0. The van der Waals surface area contributed by atoms with Crippen molar-refractivity contribution in [1.29, 1.82) is 0 Å². The minimum Gasteiger partial charge on any atom is -0.434 e. The molecule has 3 aromatic rings. The van der Waals surface area contributed by atoms with Gasteiger partial charge in [0.2, 0.25) is 5.89 Å². The third-order valence-corrected chi connectivity index (χ3v) is 2.52. The summed E-state index contributed by atoms with van der Waals surface area (Å²) in [4.78, 5) is 8.41. The van der Waals surface area contributed by atoms with E-state index in [1.54, 1.807) is 12.3 Å². The van der Waals surface area contributed by atoms with E-state index in [1.807, 2.05) is 30.3 Å². The number of hydrogen-bond donors (Lipinski definition) is 1. The summed E-state index contributed by atoms with van der Waals surface area (Å²) in [5.41, 5.74) is 2.93. The fraction of sp³-hybridized carbons (Fsp3) is 0.0769. The number of nitrogens with zero attached hydrogens (tertiary/aromatic N) is 2. The Balaban J connectivity index is 2.13. The molecule has 0 saturated heterocycles. The van der Waals surface area contributed by atoms with Gasteiger partial charge in [-0.1, -0.05) is 12.1 Å². The first-order valence-corrected chi connectivity index (χ1v) is 5.28. The zero-order chi connectivity index (χ0) is 11.7. The number of benzene rings is 1. The molecule has 0 spiro atoms. The fourth-order valence-electron chi connectivity index (χ4n) is 1.70. The molecule has 2 heterocycles. The summed E-state index contributed by atoms with van der Waals surface area (Å²) in [6.07, 6.45) is 1.68. The number of pyridine rings is 1. The van der Waals surface area contributed by atoms with Gasteiger partial charge in [0.15, 0.2) is 11.2 Å². The van der Waals surface area contributed by atoms with E-state index in [0.29, 0.717) is 17.1 Å². The number of rotatable bonds is 2. The fourth-order valence-corrected chi connectivity index (χ4v) is 1.70. The molecule has 3 rings (SSSR count). The van der Waals surface area contributed by atoms with Crippen LogP contribution in [0, 0.1) is 0 Å². The maximum Gasteiger partial charge on any atom is 0.228 e. The molecular weight excluding hydrogens is 216 g/mol. The number of aliphatic hydroxyl groups is 1. The second kappa shape index (κ2) is 3.99.